The van der Waals surface area contributed by atoms with Crippen molar-refractivity contribution in [2.45, 2.75) is 44.2 Å². The number of hydrogen-bond acceptors (Lipinski definition) is 4. The largest absolute Gasteiger partial charge is 0.375 e. The van der Waals surface area contributed by atoms with Crippen LogP contribution >= 0.6 is 11.8 Å². The molecule has 1 aromatic rings. The molecular formula is C16H27N3OS. The quantitative estimate of drug-likeness (QED) is 0.928. The minimum atomic E-state index is 0.149. The highest BCUT2D eigenvalue weighted by Crippen LogP contribution is 2.43. The SMILES string of the molecule is CCNC(c1ccn(C)n1)C1CCOC2(CCSCC2)C1. The minimum absolute atomic E-state index is 0.149. The second-order valence-electron chi connectivity index (χ2n) is 6.35. The van der Waals surface area contributed by atoms with Crippen LogP contribution in [0.25, 0.3) is 0 Å². The molecule has 2 aliphatic rings. The smallest absolute Gasteiger partial charge is 0.0796 e. The Kier molecular flexibility index (Phi) is 4.92. The molecule has 3 heterocycles. The first-order chi connectivity index (χ1) is 10.2. The molecule has 118 valence electrons. The molecule has 2 fully saturated rings. The Morgan fingerprint density at radius 1 is 1.52 bits per heavy atom. The first-order valence-electron chi connectivity index (χ1n) is 8.17. The van der Waals surface area contributed by atoms with Crippen LogP contribution in [0.1, 0.15) is 44.3 Å². The number of nitrogens with zero attached hydrogens (tertiary/aromatic N) is 2. The number of nitrogens with one attached hydrogen (secondary N) is 1. The van der Waals surface area contributed by atoms with Gasteiger partial charge in [0.05, 0.1) is 17.3 Å². The van der Waals surface area contributed by atoms with Crippen LogP contribution < -0.4 is 5.32 Å². The van der Waals surface area contributed by atoms with Gasteiger partial charge in [0.25, 0.3) is 0 Å². The van der Waals surface area contributed by atoms with E-state index < -0.39 is 0 Å². The van der Waals surface area contributed by atoms with E-state index in [4.69, 9.17) is 4.74 Å². The van der Waals surface area contributed by atoms with Gasteiger partial charge in [-0.25, -0.2) is 0 Å². The van der Waals surface area contributed by atoms with Crippen molar-refractivity contribution >= 4 is 11.8 Å². The molecule has 2 saturated heterocycles. The van der Waals surface area contributed by atoms with Crippen molar-refractivity contribution in [2.24, 2.45) is 13.0 Å². The van der Waals surface area contributed by atoms with E-state index in [-0.39, 0.29) is 5.60 Å². The van der Waals surface area contributed by atoms with Gasteiger partial charge in [0.1, 0.15) is 0 Å². The first-order valence-corrected chi connectivity index (χ1v) is 9.32. The van der Waals surface area contributed by atoms with Crippen molar-refractivity contribution in [1.82, 2.24) is 15.1 Å². The molecule has 3 rings (SSSR count). The Hall–Kier alpha value is -0.520. The van der Waals surface area contributed by atoms with Crippen molar-refractivity contribution in [2.75, 3.05) is 24.7 Å². The van der Waals surface area contributed by atoms with Gasteiger partial charge in [0.15, 0.2) is 0 Å². The average Bonchev–Trinajstić information content (AvgIpc) is 2.92. The lowest BCUT2D eigenvalue weighted by atomic mass is 9.78. The van der Waals surface area contributed by atoms with E-state index in [0.717, 1.165) is 19.6 Å². The molecular weight excluding hydrogens is 282 g/mol. The molecule has 21 heavy (non-hydrogen) atoms. The number of hydrogen-bond donors (Lipinski definition) is 1. The Labute approximate surface area is 132 Å². The van der Waals surface area contributed by atoms with Crippen LogP contribution in [-0.2, 0) is 11.8 Å². The topological polar surface area (TPSA) is 39.1 Å². The van der Waals surface area contributed by atoms with E-state index in [2.05, 4.69) is 35.2 Å². The third-order valence-corrected chi connectivity index (χ3v) is 5.87. The molecule has 5 heteroatoms. The summed E-state index contributed by atoms with van der Waals surface area (Å²) in [5.74, 6) is 3.14. The number of aryl methyl sites for hydroxylation is 1. The van der Waals surface area contributed by atoms with Crippen LogP contribution in [0.4, 0.5) is 0 Å². The number of thioether (sulfide) groups is 1. The van der Waals surface area contributed by atoms with Gasteiger partial charge >= 0.3 is 0 Å². The molecule has 2 atom stereocenters. The van der Waals surface area contributed by atoms with Crippen molar-refractivity contribution < 1.29 is 4.74 Å². The van der Waals surface area contributed by atoms with Crippen LogP contribution in [0.2, 0.25) is 0 Å². The second-order valence-corrected chi connectivity index (χ2v) is 7.57. The maximum Gasteiger partial charge on any atom is 0.0796 e. The normalized spacial score (nSPS) is 26.9. The van der Waals surface area contributed by atoms with Gasteiger partial charge in [-0.05, 0) is 55.7 Å². The molecule has 0 saturated carbocycles. The molecule has 1 spiro atoms. The highest BCUT2D eigenvalue weighted by atomic mass is 32.2. The van der Waals surface area contributed by atoms with E-state index in [1.54, 1.807) is 0 Å². The fraction of sp³-hybridized carbons (Fsp3) is 0.812. The molecule has 2 unspecified atom stereocenters. The van der Waals surface area contributed by atoms with E-state index in [9.17, 15) is 0 Å². The van der Waals surface area contributed by atoms with Crippen molar-refractivity contribution in [1.29, 1.82) is 0 Å². The Morgan fingerprint density at radius 2 is 2.33 bits per heavy atom. The summed E-state index contributed by atoms with van der Waals surface area (Å²) in [6.45, 7) is 4.08. The molecule has 0 bridgehead atoms. The van der Waals surface area contributed by atoms with Gasteiger partial charge < -0.3 is 10.1 Å². The van der Waals surface area contributed by atoms with Crippen LogP contribution in [0, 0.1) is 5.92 Å². The zero-order valence-electron chi connectivity index (χ0n) is 13.2. The summed E-state index contributed by atoms with van der Waals surface area (Å²) in [4.78, 5) is 0. The van der Waals surface area contributed by atoms with Gasteiger partial charge in [-0.1, -0.05) is 6.92 Å². The van der Waals surface area contributed by atoms with E-state index in [0.29, 0.717) is 12.0 Å². The van der Waals surface area contributed by atoms with Crippen LogP contribution in [0.15, 0.2) is 12.3 Å². The van der Waals surface area contributed by atoms with Crippen LogP contribution in [0.3, 0.4) is 0 Å². The second kappa shape index (κ2) is 6.71. The summed E-state index contributed by atoms with van der Waals surface area (Å²) in [6, 6.07) is 2.53. The summed E-state index contributed by atoms with van der Waals surface area (Å²) in [6.07, 6.45) is 6.81. The van der Waals surface area contributed by atoms with E-state index >= 15 is 0 Å². The number of rotatable bonds is 4. The predicted octanol–water partition coefficient (Wildman–Crippen LogP) is 2.76. The standard InChI is InChI=1S/C16H27N3OS/c1-3-17-15(14-4-8-19(2)18-14)13-5-9-20-16(12-13)6-10-21-11-7-16/h4,8,13,15,17H,3,5-7,9-12H2,1-2H3. The number of aromatic nitrogens is 2. The van der Waals surface area contributed by atoms with Gasteiger partial charge in [-0.2, -0.15) is 16.9 Å². The van der Waals surface area contributed by atoms with Gasteiger partial charge in [-0.15, -0.1) is 0 Å². The van der Waals surface area contributed by atoms with Gasteiger partial charge in [0, 0.05) is 19.9 Å². The fourth-order valence-corrected chi connectivity index (χ4v) is 5.01. The zero-order chi connectivity index (χ0) is 14.7. The third-order valence-electron chi connectivity index (χ3n) is 4.88. The summed E-state index contributed by atoms with van der Waals surface area (Å²) in [5, 5.41) is 8.31. The monoisotopic (exact) mass is 309 g/mol. The maximum absolute atomic E-state index is 6.24. The number of ether oxygens (including phenoxy) is 1. The third kappa shape index (κ3) is 3.46. The lowest BCUT2D eigenvalue weighted by Crippen LogP contribution is -2.45. The van der Waals surface area contributed by atoms with Gasteiger partial charge in [0.2, 0.25) is 0 Å². The lowest BCUT2D eigenvalue weighted by molar-refractivity contribution is -0.107. The van der Waals surface area contributed by atoms with Crippen molar-refractivity contribution in [3.63, 3.8) is 0 Å². The summed E-state index contributed by atoms with van der Waals surface area (Å²) in [5.41, 5.74) is 1.34. The zero-order valence-corrected chi connectivity index (χ0v) is 14.0. The van der Waals surface area contributed by atoms with Crippen molar-refractivity contribution in [3.8, 4) is 0 Å². The molecule has 1 aromatic heterocycles. The molecule has 0 aliphatic carbocycles. The average molecular weight is 309 g/mol. The molecule has 4 nitrogen and oxygen atoms in total. The highest BCUT2D eigenvalue weighted by Gasteiger charge is 2.41. The molecule has 0 amide bonds. The van der Waals surface area contributed by atoms with Gasteiger partial charge in [-0.3, -0.25) is 4.68 Å². The first kappa shape index (κ1) is 15.4. The molecule has 0 radical (unpaired) electrons. The fourth-order valence-electron chi connectivity index (χ4n) is 3.77. The molecule has 0 aromatic carbocycles. The van der Waals surface area contributed by atoms with Crippen molar-refractivity contribution in [3.05, 3.63) is 18.0 Å². The summed E-state index contributed by atoms with van der Waals surface area (Å²) >= 11 is 2.07. The minimum Gasteiger partial charge on any atom is -0.375 e. The maximum atomic E-state index is 6.24. The van der Waals surface area contributed by atoms with E-state index in [1.807, 2.05) is 17.9 Å². The Bertz CT molecular complexity index is 451. The summed E-state index contributed by atoms with van der Waals surface area (Å²) < 4.78 is 8.15. The molecule has 1 N–H and O–H groups in total. The Balaban J connectivity index is 1.75. The van der Waals surface area contributed by atoms with E-state index in [1.165, 1.54) is 36.5 Å². The Morgan fingerprint density at radius 3 is 3.00 bits per heavy atom. The lowest BCUT2D eigenvalue weighted by Gasteiger charge is -2.45. The van der Waals surface area contributed by atoms with Crippen LogP contribution in [-0.4, -0.2) is 40.0 Å². The van der Waals surface area contributed by atoms with Crippen LogP contribution in [0.5, 0.6) is 0 Å². The highest BCUT2D eigenvalue weighted by molar-refractivity contribution is 7.99. The predicted molar refractivity (Wildman–Crippen MR) is 87.6 cm³/mol. The summed E-state index contributed by atoms with van der Waals surface area (Å²) in [7, 11) is 2.00. The molecule has 2 aliphatic heterocycles.